The van der Waals surface area contributed by atoms with Gasteiger partial charge in [-0.25, -0.2) is 9.37 Å². The molecule has 0 bridgehead atoms. The Kier molecular flexibility index (Phi) is 3.55. The van der Waals surface area contributed by atoms with E-state index in [-0.39, 0.29) is 11.9 Å². The maximum atomic E-state index is 13.1. The second kappa shape index (κ2) is 5.51. The zero-order valence-corrected chi connectivity index (χ0v) is 11.3. The monoisotopic (exact) mass is 283 g/mol. The van der Waals surface area contributed by atoms with Gasteiger partial charge in [0.25, 0.3) is 0 Å². The van der Waals surface area contributed by atoms with Gasteiger partial charge in [0.15, 0.2) is 0 Å². The van der Waals surface area contributed by atoms with Crippen LogP contribution in [0.3, 0.4) is 0 Å². The fraction of sp³-hybridized carbons (Fsp3) is 0.250. The lowest BCUT2D eigenvalue weighted by molar-refractivity contribution is 0.194. The number of halogens is 1. The van der Waals surface area contributed by atoms with Crippen molar-refractivity contribution in [3.05, 3.63) is 59.7 Å². The lowest BCUT2D eigenvalue weighted by Crippen LogP contribution is -2.24. The van der Waals surface area contributed by atoms with Gasteiger partial charge in [-0.3, -0.25) is 0 Å². The summed E-state index contributed by atoms with van der Waals surface area (Å²) < 4.78 is 13.1. The molecular formula is C16H14FN3O. The summed E-state index contributed by atoms with van der Waals surface area (Å²) in [6.07, 6.45) is 1.79. The molecular weight excluding hydrogens is 269 g/mol. The van der Waals surface area contributed by atoms with E-state index in [9.17, 15) is 9.50 Å². The molecule has 5 heteroatoms. The van der Waals surface area contributed by atoms with E-state index in [2.05, 4.69) is 4.98 Å². The minimum Gasteiger partial charge on any atom is -0.391 e. The number of nitrogens with zero attached hydrogens (tertiary/aromatic N) is 3. The highest BCUT2D eigenvalue weighted by Gasteiger charge is 2.32. The van der Waals surface area contributed by atoms with Crippen LogP contribution in [0, 0.1) is 17.1 Å². The highest BCUT2D eigenvalue weighted by Crippen LogP contribution is 2.36. The number of β-amino-alcohol motifs (C(OH)–C–C–N with tert-alkyl or cyclic N) is 1. The van der Waals surface area contributed by atoms with Gasteiger partial charge in [-0.05, 0) is 36.2 Å². The number of aliphatic hydroxyl groups excluding tert-OH is 1. The molecule has 106 valence electrons. The van der Waals surface area contributed by atoms with Crippen LogP contribution in [0.1, 0.15) is 23.7 Å². The summed E-state index contributed by atoms with van der Waals surface area (Å²) in [4.78, 5) is 6.10. The molecule has 1 saturated heterocycles. The van der Waals surface area contributed by atoms with E-state index >= 15 is 0 Å². The first-order valence-corrected chi connectivity index (χ1v) is 6.73. The smallest absolute Gasteiger partial charge is 0.140 e. The predicted octanol–water partition coefficient (Wildman–Crippen LogP) is 2.40. The van der Waals surface area contributed by atoms with Crippen LogP contribution in [0.2, 0.25) is 0 Å². The SMILES string of the molecule is N#Cc1ccc(N2CC(O)CC2c2ccc(F)cc2)cn1. The molecule has 1 N–H and O–H groups in total. The van der Waals surface area contributed by atoms with E-state index in [0.29, 0.717) is 18.7 Å². The Bertz CT molecular complexity index is 663. The van der Waals surface area contributed by atoms with Crippen molar-refractivity contribution in [2.24, 2.45) is 0 Å². The number of benzene rings is 1. The highest BCUT2D eigenvalue weighted by molar-refractivity contribution is 5.50. The van der Waals surface area contributed by atoms with Crippen molar-refractivity contribution < 1.29 is 9.50 Å². The van der Waals surface area contributed by atoms with Crippen molar-refractivity contribution in [2.45, 2.75) is 18.6 Å². The summed E-state index contributed by atoms with van der Waals surface area (Å²) in [5.41, 5.74) is 2.16. The standard InChI is InChI=1S/C16H14FN3O/c17-12-3-1-11(2-4-12)16-7-15(21)10-20(16)14-6-5-13(8-18)19-9-14/h1-6,9,15-16,21H,7,10H2. The lowest BCUT2D eigenvalue weighted by atomic mass is 10.0. The third kappa shape index (κ3) is 2.71. The van der Waals surface area contributed by atoms with Crippen LogP contribution in [0.4, 0.5) is 10.1 Å². The van der Waals surface area contributed by atoms with E-state index in [1.807, 2.05) is 17.0 Å². The molecule has 2 heterocycles. The van der Waals surface area contributed by atoms with E-state index in [4.69, 9.17) is 5.26 Å². The molecule has 0 spiro atoms. The van der Waals surface area contributed by atoms with Crippen molar-refractivity contribution in [1.82, 2.24) is 4.98 Å². The highest BCUT2D eigenvalue weighted by atomic mass is 19.1. The maximum Gasteiger partial charge on any atom is 0.140 e. The zero-order valence-electron chi connectivity index (χ0n) is 11.3. The molecule has 2 aromatic rings. The number of hydrogen-bond donors (Lipinski definition) is 1. The third-order valence-corrected chi connectivity index (χ3v) is 3.73. The molecule has 1 aliphatic rings. The summed E-state index contributed by atoms with van der Waals surface area (Å²) >= 11 is 0. The Morgan fingerprint density at radius 2 is 2.00 bits per heavy atom. The number of rotatable bonds is 2. The first-order chi connectivity index (χ1) is 10.2. The van der Waals surface area contributed by atoms with Gasteiger partial charge in [0, 0.05) is 6.54 Å². The molecule has 1 aromatic heterocycles. The predicted molar refractivity (Wildman–Crippen MR) is 76.1 cm³/mol. The molecule has 0 saturated carbocycles. The molecule has 2 unspecified atom stereocenters. The molecule has 3 rings (SSSR count). The van der Waals surface area contributed by atoms with Gasteiger partial charge >= 0.3 is 0 Å². The van der Waals surface area contributed by atoms with Gasteiger partial charge in [-0.15, -0.1) is 0 Å². The van der Waals surface area contributed by atoms with Gasteiger partial charge in [-0.2, -0.15) is 5.26 Å². The Morgan fingerprint density at radius 1 is 1.24 bits per heavy atom. The third-order valence-electron chi connectivity index (χ3n) is 3.73. The van der Waals surface area contributed by atoms with Crippen molar-refractivity contribution in [3.8, 4) is 6.07 Å². The second-order valence-corrected chi connectivity index (χ2v) is 5.12. The minimum atomic E-state index is -0.435. The zero-order chi connectivity index (χ0) is 14.8. The average molecular weight is 283 g/mol. The quantitative estimate of drug-likeness (QED) is 0.919. The molecule has 21 heavy (non-hydrogen) atoms. The Balaban J connectivity index is 1.91. The average Bonchev–Trinajstić information content (AvgIpc) is 2.90. The summed E-state index contributed by atoms with van der Waals surface area (Å²) in [6, 6.07) is 11.8. The number of aliphatic hydroxyl groups is 1. The summed E-state index contributed by atoms with van der Waals surface area (Å²) in [7, 11) is 0. The van der Waals surface area contributed by atoms with Crippen molar-refractivity contribution in [3.63, 3.8) is 0 Å². The second-order valence-electron chi connectivity index (χ2n) is 5.12. The summed E-state index contributed by atoms with van der Waals surface area (Å²) in [6.45, 7) is 0.496. The molecule has 4 nitrogen and oxygen atoms in total. The number of hydrogen-bond acceptors (Lipinski definition) is 4. The van der Waals surface area contributed by atoms with E-state index in [1.54, 1.807) is 24.4 Å². The van der Waals surface area contributed by atoms with Gasteiger partial charge in [0.1, 0.15) is 17.6 Å². The lowest BCUT2D eigenvalue weighted by Gasteiger charge is -2.26. The van der Waals surface area contributed by atoms with Crippen LogP contribution in [-0.4, -0.2) is 22.7 Å². The molecule has 2 atom stereocenters. The van der Waals surface area contributed by atoms with Crippen LogP contribution in [0.5, 0.6) is 0 Å². The van der Waals surface area contributed by atoms with Crippen LogP contribution in [-0.2, 0) is 0 Å². The number of aromatic nitrogens is 1. The number of nitriles is 1. The Morgan fingerprint density at radius 3 is 2.62 bits per heavy atom. The fourth-order valence-corrected chi connectivity index (χ4v) is 2.72. The fourth-order valence-electron chi connectivity index (χ4n) is 2.72. The molecule has 1 aliphatic heterocycles. The van der Waals surface area contributed by atoms with E-state index < -0.39 is 6.10 Å². The molecule has 1 aromatic carbocycles. The Labute approximate surface area is 122 Å². The van der Waals surface area contributed by atoms with Crippen molar-refractivity contribution >= 4 is 5.69 Å². The number of pyridine rings is 1. The van der Waals surface area contributed by atoms with Crippen LogP contribution in [0.15, 0.2) is 42.6 Å². The molecule has 0 amide bonds. The van der Waals surface area contributed by atoms with Crippen LogP contribution in [0.25, 0.3) is 0 Å². The maximum absolute atomic E-state index is 13.1. The van der Waals surface area contributed by atoms with Crippen molar-refractivity contribution in [2.75, 3.05) is 11.4 Å². The van der Waals surface area contributed by atoms with Gasteiger partial charge < -0.3 is 10.0 Å². The normalized spacial score (nSPS) is 21.3. The topological polar surface area (TPSA) is 60.2 Å². The summed E-state index contributed by atoms with van der Waals surface area (Å²) in [5, 5.41) is 18.7. The van der Waals surface area contributed by atoms with E-state index in [0.717, 1.165) is 11.3 Å². The van der Waals surface area contributed by atoms with Gasteiger partial charge in [-0.1, -0.05) is 12.1 Å². The first-order valence-electron chi connectivity index (χ1n) is 6.73. The molecule has 0 radical (unpaired) electrons. The van der Waals surface area contributed by atoms with Gasteiger partial charge in [0.05, 0.1) is 24.0 Å². The van der Waals surface area contributed by atoms with Crippen LogP contribution >= 0.6 is 0 Å². The first kappa shape index (κ1) is 13.5. The van der Waals surface area contributed by atoms with E-state index in [1.165, 1.54) is 12.1 Å². The molecule has 0 aliphatic carbocycles. The van der Waals surface area contributed by atoms with Crippen molar-refractivity contribution in [1.29, 1.82) is 5.26 Å². The Hall–Kier alpha value is -2.45. The summed E-state index contributed by atoms with van der Waals surface area (Å²) in [5.74, 6) is -0.274. The minimum absolute atomic E-state index is 0.0182. The largest absolute Gasteiger partial charge is 0.391 e. The van der Waals surface area contributed by atoms with Gasteiger partial charge in [0.2, 0.25) is 0 Å². The number of anilines is 1. The molecule has 1 fully saturated rings. The van der Waals surface area contributed by atoms with Crippen LogP contribution < -0.4 is 4.90 Å².